The number of ether oxygens (including phenoxy) is 1. The smallest absolute Gasteiger partial charge is 0.261 e. The van der Waals surface area contributed by atoms with Crippen molar-refractivity contribution in [3.05, 3.63) is 59.4 Å². The van der Waals surface area contributed by atoms with Crippen LogP contribution in [0.2, 0.25) is 0 Å². The van der Waals surface area contributed by atoms with Crippen molar-refractivity contribution in [2.45, 2.75) is 11.5 Å². The summed E-state index contributed by atoms with van der Waals surface area (Å²) in [7, 11) is 1.03. The molecule has 0 heterocycles. The highest BCUT2D eigenvalue weighted by Crippen LogP contribution is 2.24. The fourth-order valence-electron chi connectivity index (χ4n) is 1.61. The maximum Gasteiger partial charge on any atom is 0.261 e. The zero-order valence-corrected chi connectivity index (χ0v) is 11.9. The van der Waals surface area contributed by atoms with Crippen LogP contribution in [0.5, 0.6) is 5.75 Å². The minimum absolute atomic E-state index is 0.168. The van der Waals surface area contributed by atoms with Crippen molar-refractivity contribution in [1.29, 1.82) is 0 Å². The fraction of sp³-hybridized carbons (Fsp3) is 0.0769. The Morgan fingerprint density at radius 3 is 2.14 bits per heavy atom. The molecule has 0 N–H and O–H groups in total. The van der Waals surface area contributed by atoms with Gasteiger partial charge in [-0.25, -0.2) is 21.6 Å². The zero-order valence-electron chi connectivity index (χ0n) is 10.3. The van der Waals surface area contributed by atoms with E-state index in [1.165, 1.54) is 0 Å². The molecule has 0 saturated heterocycles. The lowest BCUT2D eigenvalue weighted by atomic mass is 10.2. The van der Waals surface area contributed by atoms with Crippen molar-refractivity contribution in [2.75, 3.05) is 0 Å². The molecule has 0 aliphatic heterocycles. The first-order valence-corrected chi connectivity index (χ1v) is 7.88. The number of rotatable bonds is 4. The van der Waals surface area contributed by atoms with Crippen molar-refractivity contribution in [2.24, 2.45) is 0 Å². The third-order valence-electron chi connectivity index (χ3n) is 2.50. The molecule has 0 spiro atoms. The van der Waals surface area contributed by atoms with E-state index >= 15 is 0 Å². The van der Waals surface area contributed by atoms with Crippen LogP contribution in [-0.2, 0) is 15.7 Å². The first kappa shape index (κ1) is 15.7. The minimum Gasteiger partial charge on any atom is -0.486 e. The molecule has 0 aromatic heterocycles. The summed E-state index contributed by atoms with van der Waals surface area (Å²) in [6.45, 7) is -0.279. The van der Waals surface area contributed by atoms with Crippen molar-refractivity contribution >= 4 is 19.7 Å². The van der Waals surface area contributed by atoms with E-state index in [2.05, 4.69) is 0 Å². The predicted molar refractivity (Wildman–Crippen MR) is 70.1 cm³/mol. The van der Waals surface area contributed by atoms with Gasteiger partial charge in [-0.2, -0.15) is 0 Å². The summed E-state index contributed by atoms with van der Waals surface area (Å²) >= 11 is 0. The third kappa shape index (κ3) is 4.12. The number of benzene rings is 2. The summed E-state index contributed by atoms with van der Waals surface area (Å²) in [4.78, 5) is -0.411. The molecular formula is C13H8ClF3O3S. The third-order valence-corrected chi connectivity index (χ3v) is 3.85. The Bertz CT molecular complexity index is 758. The second-order valence-corrected chi connectivity index (χ2v) is 6.66. The maximum absolute atomic E-state index is 13.6. The Balaban J connectivity index is 2.17. The molecule has 2 aromatic rings. The highest BCUT2D eigenvalue weighted by Gasteiger charge is 2.14. The average molecular weight is 337 g/mol. The van der Waals surface area contributed by atoms with Crippen LogP contribution in [0, 0.1) is 17.5 Å². The quantitative estimate of drug-likeness (QED) is 0.801. The van der Waals surface area contributed by atoms with E-state index in [9.17, 15) is 21.6 Å². The number of hydrogen-bond donors (Lipinski definition) is 0. The van der Waals surface area contributed by atoms with Gasteiger partial charge in [-0.05, 0) is 35.9 Å². The van der Waals surface area contributed by atoms with Crippen molar-refractivity contribution in [3.63, 3.8) is 0 Å². The van der Waals surface area contributed by atoms with Crippen LogP contribution in [-0.4, -0.2) is 8.42 Å². The van der Waals surface area contributed by atoms with Crippen LogP contribution in [0.4, 0.5) is 13.2 Å². The Labute approximate surface area is 123 Å². The summed E-state index contributed by atoms with van der Waals surface area (Å²) in [6, 6.07) is 5.61. The molecular weight excluding hydrogens is 329 g/mol. The summed E-state index contributed by atoms with van der Waals surface area (Å²) in [5.41, 5.74) is 0.168. The van der Waals surface area contributed by atoms with Gasteiger partial charge in [0.15, 0.2) is 11.6 Å². The van der Waals surface area contributed by atoms with Gasteiger partial charge in [-0.3, -0.25) is 0 Å². The Morgan fingerprint density at radius 2 is 1.62 bits per heavy atom. The molecule has 0 aliphatic rings. The first-order chi connectivity index (χ1) is 9.75. The van der Waals surface area contributed by atoms with Gasteiger partial charge in [0.25, 0.3) is 9.05 Å². The van der Waals surface area contributed by atoms with Crippen molar-refractivity contribution in [3.8, 4) is 5.75 Å². The lowest BCUT2D eigenvalue weighted by Crippen LogP contribution is -2.00. The van der Waals surface area contributed by atoms with Crippen LogP contribution in [0.1, 0.15) is 5.56 Å². The maximum atomic E-state index is 13.6. The van der Waals surface area contributed by atoms with E-state index in [-0.39, 0.29) is 17.9 Å². The molecule has 0 bridgehead atoms. The number of halogens is 4. The van der Waals surface area contributed by atoms with Gasteiger partial charge in [0, 0.05) is 16.7 Å². The minimum atomic E-state index is -4.04. The SMILES string of the molecule is O=S(=O)(Cl)c1ccc(OCc2cc(F)cc(F)c2)c(F)c1. The zero-order chi connectivity index (χ0) is 15.6. The summed E-state index contributed by atoms with van der Waals surface area (Å²) in [5.74, 6) is -2.77. The molecule has 2 rings (SSSR count). The molecule has 0 unspecified atom stereocenters. The van der Waals surface area contributed by atoms with Crippen LogP contribution in [0.15, 0.2) is 41.3 Å². The van der Waals surface area contributed by atoms with Crippen LogP contribution in [0.25, 0.3) is 0 Å². The lowest BCUT2D eigenvalue weighted by Gasteiger charge is -2.08. The first-order valence-electron chi connectivity index (χ1n) is 5.58. The predicted octanol–water partition coefficient (Wildman–Crippen LogP) is 3.61. The number of hydrogen-bond acceptors (Lipinski definition) is 3. The second kappa shape index (κ2) is 5.95. The summed E-state index contributed by atoms with van der Waals surface area (Å²) in [5, 5.41) is 0. The van der Waals surface area contributed by atoms with Gasteiger partial charge >= 0.3 is 0 Å². The summed E-state index contributed by atoms with van der Waals surface area (Å²) in [6.07, 6.45) is 0. The van der Waals surface area contributed by atoms with Gasteiger partial charge in [0.2, 0.25) is 0 Å². The van der Waals surface area contributed by atoms with Crippen molar-refractivity contribution in [1.82, 2.24) is 0 Å². The monoisotopic (exact) mass is 336 g/mol. The van der Waals surface area contributed by atoms with Crippen LogP contribution >= 0.6 is 10.7 Å². The molecule has 0 amide bonds. The molecule has 8 heteroatoms. The average Bonchev–Trinajstić information content (AvgIpc) is 2.35. The molecule has 0 aliphatic carbocycles. The molecule has 0 atom stereocenters. The van der Waals surface area contributed by atoms with Crippen molar-refractivity contribution < 1.29 is 26.3 Å². The van der Waals surface area contributed by atoms with E-state index in [0.29, 0.717) is 12.1 Å². The largest absolute Gasteiger partial charge is 0.486 e. The van der Waals surface area contributed by atoms with E-state index in [4.69, 9.17) is 15.4 Å². The molecule has 0 fully saturated rings. The molecule has 21 heavy (non-hydrogen) atoms. The second-order valence-electron chi connectivity index (χ2n) is 4.10. The molecule has 2 aromatic carbocycles. The molecule has 112 valence electrons. The standard InChI is InChI=1S/C13H8ClF3O3S/c14-21(18,19)11-1-2-13(12(17)6-11)20-7-8-3-9(15)5-10(16)4-8/h1-6H,7H2. The Hall–Kier alpha value is -1.73. The van der Waals surface area contributed by atoms with Gasteiger partial charge in [-0.1, -0.05) is 0 Å². The molecule has 0 saturated carbocycles. The van der Waals surface area contributed by atoms with Crippen LogP contribution < -0.4 is 4.74 Å². The highest BCUT2D eigenvalue weighted by atomic mass is 35.7. The van der Waals surface area contributed by atoms with E-state index in [1.807, 2.05) is 0 Å². The Kier molecular flexibility index (Phi) is 4.43. The Morgan fingerprint density at radius 1 is 1.00 bits per heavy atom. The van der Waals surface area contributed by atoms with Gasteiger partial charge < -0.3 is 4.74 Å². The van der Waals surface area contributed by atoms with Crippen LogP contribution in [0.3, 0.4) is 0 Å². The van der Waals surface area contributed by atoms with Gasteiger partial charge in [0.1, 0.15) is 18.2 Å². The molecule has 3 nitrogen and oxygen atoms in total. The van der Waals surface area contributed by atoms with Gasteiger partial charge in [0.05, 0.1) is 4.90 Å². The van der Waals surface area contributed by atoms with E-state index in [0.717, 1.165) is 24.3 Å². The fourth-order valence-corrected chi connectivity index (χ4v) is 2.37. The van der Waals surface area contributed by atoms with Gasteiger partial charge in [-0.15, -0.1) is 0 Å². The lowest BCUT2D eigenvalue weighted by molar-refractivity contribution is 0.288. The molecule has 0 radical (unpaired) electrons. The normalized spacial score (nSPS) is 11.4. The van der Waals surface area contributed by atoms with E-state index < -0.39 is 31.4 Å². The highest BCUT2D eigenvalue weighted by molar-refractivity contribution is 8.13. The van der Waals surface area contributed by atoms with E-state index in [1.54, 1.807) is 0 Å². The summed E-state index contributed by atoms with van der Waals surface area (Å²) < 4.78 is 66.7. The topological polar surface area (TPSA) is 43.4 Å².